The van der Waals surface area contributed by atoms with Crippen molar-refractivity contribution < 1.29 is 19.1 Å². The second kappa shape index (κ2) is 8.81. The third-order valence-electron chi connectivity index (χ3n) is 4.06. The molecule has 156 valence electrons. The highest BCUT2D eigenvalue weighted by Gasteiger charge is 2.28. The van der Waals surface area contributed by atoms with Crippen LogP contribution in [0, 0.1) is 0 Å². The highest BCUT2D eigenvalue weighted by molar-refractivity contribution is 7.18. The predicted octanol–water partition coefficient (Wildman–Crippen LogP) is 4.75. The van der Waals surface area contributed by atoms with E-state index in [-0.39, 0.29) is 30.6 Å². The number of Topliss-reactive ketones (excluding diaryl/α,β-unsaturated/α-hetero) is 1. The summed E-state index contributed by atoms with van der Waals surface area (Å²) in [5.41, 5.74) is 0.338. The Kier molecular flexibility index (Phi) is 6.60. The lowest BCUT2D eigenvalue weighted by Crippen LogP contribution is -2.39. The van der Waals surface area contributed by atoms with Crippen LogP contribution in [0.5, 0.6) is 0 Å². The quantitative estimate of drug-likeness (QED) is 0.657. The largest absolute Gasteiger partial charge is 0.444 e. The summed E-state index contributed by atoms with van der Waals surface area (Å²) in [6.45, 7) is 6.43. The van der Waals surface area contributed by atoms with Crippen LogP contribution in [0.4, 0.5) is 9.93 Å². The Bertz CT molecular complexity index is 932. The number of nitrogens with one attached hydrogen (secondary N) is 1. The van der Waals surface area contributed by atoms with Gasteiger partial charge in [-0.3, -0.25) is 9.59 Å². The lowest BCUT2D eigenvalue weighted by Gasteiger charge is -2.29. The monoisotopic (exact) mass is 455 g/mol. The number of thiophene rings is 1. The molecule has 3 heterocycles. The number of ketones is 1. The van der Waals surface area contributed by atoms with E-state index in [0.29, 0.717) is 33.9 Å². The van der Waals surface area contributed by atoms with E-state index in [2.05, 4.69) is 10.3 Å². The molecule has 2 aromatic heterocycles. The smallest absolute Gasteiger partial charge is 0.410 e. The summed E-state index contributed by atoms with van der Waals surface area (Å²) in [4.78, 5) is 44.1. The number of carbonyl (C=O) groups excluding carboxylic acids is 3. The molecule has 0 saturated heterocycles. The highest BCUT2D eigenvalue weighted by atomic mass is 35.5. The molecule has 2 amide bonds. The van der Waals surface area contributed by atoms with Crippen LogP contribution >= 0.6 is 34.3 Å². The van der Waals surface area contributed by atoms with Crippen LogP contribution in [-0.2, 0) is 22.5 Å². The molecule has 1 aliphatic heterocycles. The number of rotatable bonds is 5. The molecule has 1 aliphatic rings. The van der Waals surface area contributed by atoms with Crippen LogP contribution in [0.1, 0.15) is 53.9 Å². The van der Waals surface area contributed by atoms with E-state index in [1.807, 2.05) is 20.8 Å². The fraction of sp³-hybridized carbons (Fsp3) is 0.474. The van der Waals surface area contributed by atoms with Crippen molar-refractivity contribution in [2.24, 2.45) is 0 Å². The summed E-state index contributed by atoms with van der Waals surface area (Å²) >= 11 is 8.38. The second-order valence-electron chi connectivity index (χ2n) is 7.62. The number of halogens is 1. The molecule has 3 rings (SSSR count). The van der Waals surface area contributed by atoms with E-state index in [1.165, 1.54) is 22.7 Å². The number of fused-ring (bicyclic) bond motifs is 1. The number of nitrogens with zero attached hydrogens (tertiary/aromatic N) is 2. The molecular weight excluding hydrogens is 434 g/mol. The molecule has 0 aliphatic carbocycles. The van der Waals surface area contributed by atoms with Crippen molar-refractivity contribution in [3.8, 4) is 0 Å². The van der Waals surface area contributed by atoms with Gasteiger partial charge in [-0.1, -0.05) is 22.9 Å². The van der Waals surface area contributed by atoms with Crippen LogP contribution in [0.3, 0.4) is 0 Å². The molecule has 0 spiro atoms. The molecule has 0 aromatic carbocycles. The lowest BCUT2D eigenvalue weighted by molar-refractivity contribution is -0.116. The third-order valence-corrected chi connectivity index (χ3v) is 6.33. The van der Waals surface area contributed by atoms with Gasteiger partial charge in [0, 0.05) is 30.7 Å². The normalized spacial score (nSPS) is 13.7. The third kappa shape index (κ3) is 6.01. The van der Waals surface area contributed by atoms with E-state index < -0.39 is 5.60 Å². The van der Waals surface area contributed by atoms with Gasteiger partial charge in [0.15, 0.2) is 10.9 Å². The van der Waals surface area contributed by atoms with Crippen molar-refractivity contribution in [1.29, 1.82) is 0 Å². The summed E-state index contributed by atoms with van der Waals surface area (Å²) in [7, 11) is 0. The molecule has 29 heavy (non-hydrogen) atoms. The Morgan fingerprint density at radius 3 is 2.66 bits per heavy atom. The van der Waals surface area contributed by atoms with Crippen molar-refractivity contribution in [2.45, 2.75) is 52.2 Å². The maximum atomic E-state index is 12.3. The Hall–Kier alpha value is -1.97. The first-order valence-corrected chi connectivity index (χ1v) is 11.2. The Balaban J connectivity index is 1.52. The van der Waals surface area contributed by atoms with Crippen molar-refractivity contribution in [3.05, 3.63) is 31.9 Å². The van der Waals surface area contributed by atoms with Gasteiger partial charge >= 0.3 is 6.09 Å². The Labute approximate surface area is 182 Å². The van der Waals surface area contributed by atoms with Crippen LogP contribution < -0.4 is 5.32 Å². The summed E-state index contributed by atoms with van der Waals surface area (Å²) in [6.07, 6.45) is 0.441. The maximum absolute atomic E-state index is 12.3. The van der Waals surface area contributed by atoms with Gasteiger partial charge in [0.1, 0.15) is 5.60 Å². The minimum Gasteiger partial charge on any atom is -0.444 e. The molecule has 1 N–H and O–H groups in total. The number of hydrogen-bond donors (Lipinski definition) is 1. The molecule has 0 bridgehead atoms. The van der Waals surface area contributed by atoms with E-state index >= 15 is 0 Å². The maximum Gasteiger partial charge on any atom is 0.410 e. The zero-order chi connectivity index (χ0) is 21.2. The average molecular weight is 456 g/mol. The average Bonchev–Trinajstić information content (AvgIpc) is 3.23. The van der Waals surface area contributed by atoms with Gasteiger partial charge in [0.25, 0.3) is 0 Å². The lowest BCUT2D eigenvalue weighted by atomic mass is 10.2. The molecule has 7 nitrogen and oxygen atoms in total. The van der Waals surface area contributed by atoms with Crippen LogP contribution in [0.25, 0.3) is 0 Å². The Morgan fingerprint density at radius 2 is 2.00 bits per heavy atom. The first kappa shape index (κ1) is 21.7. The van der Waals surface area contributed by atoms with Gasteiger partial charge in [-0.05, 0) is 32.9 Å². The fourth-order valence-electron chi connectivity index (χ4n) is 2.73. The molecule has 0 fully saturated rings. The Morgan fingerprint density at radius 1 is 1.24 bits per heavy atom. The summed E-state index contributed by atoms with van der Waals surface area (Å²) in [5, 5.41) is 3.24. The molecule has 10 heteroatoms. The molecule has 2 aromatic rings. The zero-order valence-electron chi connectivity index (χ0n) is 16.4. The van der Waals surface area contributed by atoms with E-state index in [1.54, 1.807) is 17.0 Å². The van der Waals surface area contributed by atoms with Gasteiger partial charge in [-0.15, -0.1) is 11.3 Å². The number of hydrogen-bond acceptors (Lipinski definition) is 7. The van der Waals surface area contributed by atoms with E-state index in [4.69, 9.17) is 16.3 Å². The first-order valence-electron chi connectivity index (χ1n) is 9.15. The molecule has 0 radical (unpaired) electrons. The minimum absolute atomic E-state index is 0.0721. The number of amides is 2. The number of carbonyl (C=O) groups is 3. The van der Waals surface area contributed by atoms with Gasteiger partial charge in [0.05, 0.1) is 21.5 Å². The number of anilines is 1. The van der Waals surface area contributed by atoms with E-state index in [0.717, 1.165) is 10.6 Å². The van der Waals surface area contributed by atoms with Gasteiger partial charge in [-0.25, -0.2) is 9.78 Å². The van der Waals surface area contributed by atoms with Crippen molar-refractivity contribution >= 4 is 57.2 Å². The summed E-state index contributed by atoms with van der Waals surface area (Å²) in [5.74, 6) is -0.375. The number of thiazole rings is 1. The van der Waals surface area contributed by atoms with Crippen LogP contribution in [-0.4, -0.2) is 39.8 Å². The van der Waals surface area contributed by atoms with Gasteiger partial charge in [-0.2, -0.15) is 0 Å². The zero-order valence-corrected chi connectivity index (χ0v) is 18.8. The second-order valence-corrected chi connectivity index (χ2v) is 10.4. The number of ether oxygens (including phenoxy) is 1. The van der Waals surface area contributed by atoms with Crippen LogP contribution in [0.2, 0.25) is 4.34 Å². The van der Waals surface area contributed by atoms with Crippen molar-refractivity contribution in [2.75, 3.05) is 11.9 Å². The predicted molar refractivity (Wildman–Crippen MR) is 114 cm³/mol. The minimum atomic E-state index is -0.546. The molecule has 0 atom stereocenters. The number of aromatic nitrogens is 1. The summed E-state index contributed by atoms with van der Waals surface area (Å²) in [6, 6.07) is 3.33. The molecular formula is C19H22ClN3O4S2. The van der Waals surface area contributed by atoms with Gasteiger partial charge in [0.2, 0.25) is 5.91 Å². The standard InChI is InChI=1S/C19H22ClN3O4S2/c1-19(2,3)27-18(26)23-9-8-11-14(10-23)29-17(21-11)22-16(25)7-4-12(24)13-5-6-15(20)28-13/h5-6H,4,7-10H2,1-3H3,(H,21,22,25). The first-order chi connectivity index (χ1) is 13.6. The SMILES string of the molecule is CC(C)(C)OC(=O)N1CCc2nc(NC(=O)CCC(=O)c3ccc(Cl)s3)sc2C1. The highest BCUT2D eigenvalue weighted by Crippen LogP contribution is 2.29. The fourth-order valence-corrected chi connectivity index (χ4v) is 4.78. The molecule has 0 unspecified atom stereocenters. The van der Waals surface area contributed by atoms with Crippen molar-refractivity contribution in [1.82, 2.24) is 9.88 Å². The molecule has 0 saturated carbocycles. The topological polar surface area (TPSA) is 88.6 Å². The van der Waals surface area contributed by atoms with Gasteiger partial charge < -0.3 is 15.0 Å². The summed E-state index contributed by atoms with van der Waals surface area (Å²) < 4.78 is 5.97. The van der Waals surface area contributed by atoms with Crippen LogP contribution in [0.15, 0.2) is 12.1 Å². The van der Waals surface area contributed by atoms with Crippen molar-refractivity contribution in [3.63, 3.8) is 0 Å². The van der Waals surface area contributed by atoms with E-state index in [9.17, 15) is 14.4 Å².